The summed E-state index contributed by atoms with van der Waals surface area (Å²) < 4.78 is 5.10. The number of halogens is 1. The van der Waals surface area contributed by atoms with Crippen molar-refractivity contribution in [1.29, 1.82) is 0 Å². The van der Waals surface area contributed by atoms with Crippen LogP contribution in [0.3, 0.4) is 0 Å². The van der Waals surface area contributed by atoms with E-state index in [1.54, 1.807) is 14.0 Å². The van der Waals surface area contributed by atoms with Gasteiger partial charge >= 0.3 is 0 Å². The lowest BCUT2D eigenvalue weighted by Crippen LogP contribution is -2.01. The molecule has 0 saturated heterocycles. The fourth-order valence-corrected chi connectivity index (χ4v) is 1.43. The number of hydrogen-bond donors (Lipinski definition) is 1. The molecule has 0 saturated carbocycles. The van der Waals surface area contributed by atoms with Gasteiger partial charge in [-0.1, -0.05) is 17.7 Å². The van der Waals surface area contributed by atoms with Crippen molar-refractivity contribution in [2.75, 3.05) is 7.11 Å². The lowest BCUT2D eigenvalue weighted by molar-refractivity contribution is 0.185. The number of benzene rings is 1. The van der Waals surface area contributed by atoms with Gasteiger partial charge in [0.25, 0.3) is 0 Å². The van der Waals surface area contributed by atoms with E-state index in [0.29, 0.717) is 10.8 Å². The Labute approximate surface area is 89.5 Å². The first kappa shape index (κ1) is 11.3. The van der Waals surface area contributed by atoms with Gasteiger partial charge in [0.05, 0.1) is 18.2 Å². The minimum absolute atomic E-state index is 0.267. The standard InChI is InChI=1S/C11H15ClO2/c1-8(13)3-4-9-5-6-10(12)11(7-9)14-2/h5-8,13H,3-4H2,1-2H3/t8-/m1/s1. The predicted octanol–water partition coefficient (Wildman–Crippen LogP) is 2.66. The largest absolute Gasteiger partial charge is 0.495 e. The highest BCUT2D eigenvalue weighted by Gasteiger charge is 2.03. The van der Waals surface area contributed by atoms with Crippen molar-refractivity contribution in [3.8, 4) is 5.75 Å². The number of rotatable bonds is 4. The lowest BCUT2D eigenvalue weighted by atomic mass is 10.1. The van der Waals surface area contributed by atoms with Crippen molar-refractivity contribution in [2.24, 2.45) is 0 Å². The zero-order valence-corrected chi connectivity index (χ0v) is 9.21. The summed E-state index contributed by atoms with van der Waals surface area (Å²) in [5.41, 5.74) is 1.13. The monoisotopic (exact) mass is 214 g/mol. The summed E-state index contributed by atoms with van der Waals surface area (Å²) in [7, 11) is 1.60. The van der Waals surface area contributed by atoms with Crippen LogP contribution < -0.4 is 4.74 Å². The Balaban J connectivity index is 2.69. The fourth-order valence-electron chi connectivity index (χ4n) is 1.24. The second kappa shape index (κ2) is 5.23. The summed E-state index contributed by atoms with van der Waals surface area (Å²) in [6.45, 7) is 1.78. The van der Waals surface area contributed by atoms with E-state index in [4.69, 9.17) is 21.4 Å². The smallest absolute Gasteiger partial charge is 0.137 e. The van der Waals surface area contributed by atoms with Crippen molar-refractivity contribution < 1.29 is 9.84 Å². The van der Waals surface area contributed by atoms with Crippen LogP contribution in [0.15, 0.2) is 18.2 Å². The summed E-state index contributed by atoms with van der Waals surface area (Å²) in [4.78, 5) is 0. The van der Waals surface area contributed by atoms with Crippen molar-refractivity contribution >= 4 is 11.6 Å². The topological polar surface area (TPSA) is 29.5 Å². The molecule has 2 nitrogen and oxygen atoms in total. The molecular weight excluding hydrogens is 200 g/mol. The molecule has 0 spiro atoms. The fraction of sp³-hybridized carbons (Fsp3) is 0.455. The van der Waals surface area contributed by atoms with Crippen molar-refractivity contribution in [1.82, 2.24) is 0 Å². The van der Waals surface area contributed by atoms with E-state index < -0.39 is 0 Å². The van der Waals surface area contributed by atoms with Gasteiger partial charge in [-0.3, -0.25) is 0 Å². The van der Waals surface area contributed by atoms with Crippen LogP contribution in [0.5, 0.6) is 5.75 Å². The number of aliphatic hydroxyl groups excluding tert-OH is 1. The Bertz CT molecular complexity index is 297. The maximum atomic E-state index is 9.14. The summed E-state index contributed by atoms with van der Waals surface area (Å²) in [6.07, 6.45) is 1.33. The average molecular weight is 215 g/mol. The molecule has 78 valence electrons. The quantitative estimate of drug-likeness (QED) is 0.835. The summed E-state index contributed by atoms with van der Waals surface area (Å²) in [5.74, 6) is 0.690. The molecule has 0 heterocycles. The molecule has 3 heteroatoms. The van der Waals surface area contributed by atoms with Gasteiger partial charge in [-0.05, 0) is 37.5 Å². The van der Waals surface area contributed by atoms with E-state index in [2.05, 4.69) is 0 Å². The Morgan fingerprint density at radius 1 is 1.50 bits per heavy atom. The number of methoxy groups -OCH3 is 1. The van der Waals surface area contributed by atoms with Crippen LogP contribution in [0.25, 0.3) is 0 Å². The predicted molar refractivity (Wildman–Crippen MR) is 58.0 cm³/mol. The van der Waals surface area contributed by atoms with Crippen LogP contribution in [0, 0.1) is 0 Å². The van der Waals surface area contributed by atoms with Gasteiger partial charge < -0.3 is 9.84 Å². The summed E-state index contributed by atoms with van der Waals surface area (Å²) in [5, 5.41) is 9.76. The van der Waals surface area contributed by atoms with E-state index in [1.165, 1.54) is 0 Å². The van der Waals surface area contributed by atoms with E-state index in [1.807, 2.05) is 18.2 Å². The molecule has 0 bridgehead atoms. The molecule has 1 atom stereocenters. The molecule has 1 aromatic carbocycles. The van der Waals surface area contributed by atoms with E-state index in [9.17, 15) is 0 Å². The molecular formula is C11H15ClO2. The zero-order valence-electron chi connectivity index (χ0n) is 8.46. The minimum atomic E-state index is -0.267. The maximum Gasteiger partial charge on any atom is 0.137 e. The molecule has 0 radical (unpaired) electrons. The molecule has 0 aliphatic rings. The van der Waals surface area contributed by atoms with Gasteiger partial charge in [-0.25, -0.2) is 0 Å². The van der Waals surface area contributed by atoms with E-state index in [-0.39, 0.29) is 6.10 Å². The van der Waals surface area contributed by atoms with Crippen LogP contribution in [0.4, 0.5) is 0 Å². The van der Waals surface area contributed by atoms with Gasteiger partial charge in [0.2, 0.25) is 0 Å². The first-order valence-corrected chi connectivity index (χ1v) is 5.01. The Morgan fingerprint density at radius 3 is 2.79 bits per heavy atom. The van der Waals surface area contributed by atoms with Gasteiger partial charge in [0.1, 0.15) is 5.75 Å². The van der Waals surface area contributed by atoms with Gasteiger partial charge in [-0.15, -0.1) is 0 Å². The lowest BCUT2D eigenvalue weighted by Gasteiger charge is -2.07. The van der Waals surface area contributed by atoms with E-state index in [0.717, 1.165) is 18.4 Å². The SMILES string of the molecule is COc1cc(CC[C@@H](C)O)ccc1Cl. The molecule has 1 N–H and O–H groups in total. The highest BCUT2D eigenvalue weighted by molar-refractivity contribution is 6.32. The molecule has 0 unspecified atom stereocenters. The molecule has 0 fully saturated rings. The van der Waals surface area contributed by atoms with Crippen LogP contribution in [-0.4, -0.2) is 18.3 Å². The number of ether oxygens (including phenoxy) is 1. The molecule has 14 heavy (non-hydrogen) atoms. The summed E-state index contributed by atoms with van der Waals surface area (Å²) >= 11 is 5.88. The molecule has 0 aromatic heterocycles. The van der Waals surface area contributed by atoms with Gasteiger partial charge in [-0.2, -0.15) is 0 Å². The van der Waals surface area contributed by atoms with Crippen LogP contribution in [-0.2, 0) is 6.42 Å². The first-order chi connectivity index (χ1) is 6.63. The number of aryl methyl sites for hydroxylation is 1. The van der Waals surface area contributed by atoms with Gasteiger partial charge in [0.15, 0.2) is 0 Å². The Kier molecular flexibility index (Phi) is 4.23. The number of hydrogen-bond acceptors (Lipinski definition) is 2. The van der Waals surface area contributed by atoms with Crippen molar-refractivity contribution in [3.05, 3.63) is 28.8 Å². The molecule has 0 amide bonds. The third kappa shape index (κ3) is 3.20. The third-order valence-electron chi connectivity index (χ3n) is 2.07. The second-order valence-electron chi connectivity index (χ2n) is 3.36. The molecule has 1 rings (SSSR count). The van der Waals surface area contributed by atoms with E-state index >= 15 is 0 Å². The zero-order chi connectivity index (χ0) is 10.6. The first-order valence-electron chi connectivity index (χ1n) is 4.64. The summed E-state index contributed by atoms with van der Waals surface area (Å²) in [6, 6.07) is 5.68. The highest BCUT2D eigenvalue weighted by Crippen LogP contribution is 2.25. The molecule has 1 aromatic rings. The molecule has 0 aliphatic heterocycles. The van der Waals surface area contributed by atoms with Crippen LogP contribution in [0.2, 0.25) is 5.02 Å². The molecule has 0 aliphatic carbocycles. The van der Waals surface area contributed by atoms with Crippen LogP contribution >= 0.6 is 11.6 Å². The second-order valence-corrected chi connectivity index (χ2v) is 3.76. The normalized spacial score (nSPS) is 12.6. The Hall–Kier alpha value is -0.730. The van der Waals surface area contributed by atoms with Crippen molar-refractivity contribution in [2.45, 2.75) is 25.9 Å². The highest BCUT2D eigenvalue weighted by atomic mass is 35.5. The van der Waals surface area contributed by atoms with Crippen LogP contribution in [0.1, 0.15) is 18.9 Å². The average Bonchev–Trinajstić information content (AvgIpc) is 2.16. The maximum absolute atomic E-state index is 9.14. The number of aliphatic hydroxyl groups is 1. The van der Waals surface area contributed by atoms with Crippen molar-refractivity contribution in [3.63, 3.8) is 0 Å². The minimum Gasteiger partial charge on any atom is -0.495 e. The Morgan fingerprint density at radius 2 is 2.21 bits per heavy atom. The third-order valence-corrected chi connectivity index (χ3v) is 2.38. The van der Waals surface area contributed by atoms with Gasteiger partial charge in [0, 0.05) is 0 Å².